The van der Waals surface area contributed by atoms with Crippen LogP contribution in [0.5, 0.6) is 0 Å². The van der Waals surface area contributed by atoms with Crippen molar-refractivity contribution < 1.29 is 17.6 Å². The van der Waals surface area contributed by atoms with Gasteiger partial charge in [-0.15, -0.1) is 0 Å². The molecule has 0 aliphatic rings. The maximum Gasteiger partial charge on any atom is 0.255 e. The zero-order chi connectivity index (χ0) is 17.6. The lowest BCUT2D eigenvalue weighted by atomic mass is 10.4. The van der Waals surface area contributed by atoms with Crippen molar-refractivity contribution >= 4 is 21.6 Å². The molecule has 0 saturated heterocycles. The van der Waals surface area contributed by atoms with Crippen molar-refractivity contribution in [1.82, 2.24) is 9.73 Å². The molecule has 0 aliphatic heterocycles. The van der Waals surface area contributed by atoms with Gasteiger partial charge in [0.15, 0.2) is 0 Å². The van der Waals surface area contributed by atoms with Gasteiger partial charge >= 0.3 is 0 Å². The molecule has 1 aromatic heterocycles. The van der Waals surface area contributed by atoms with E-state index in [4.69, 9.17) is 4.42 Å². The lowest BCUT2D eigenvalue weighted by Gasteiger charge is -2.20. The monoisotopic (exact) mass is 349 g/mol. The number of hydrogen-bond donors (Lipinski definition) is 1. The molecule has 8 heteroatoms. The zero-order valence-corrected chi connectivity index (χ0v) is 14.3. The number of hydrazone groups is 1. The van der Waals surface area contributed by atoms with Crippen LogP contribution in [0.1, 0.15) is 19.6 Å². The molecule has 0 radical (unpaired) electrons. The van der Waals surface area contributed by atoms with Crippen LogP contribution in [0.2, 0.25) is 0 Å². The number of hydrogen-bond acceptors (Lipinski definition) is 5. The molecule has 1 heterocycles. The number of nitrogens with one attached hydrogen (secondary N) is 1. The van der Waals surface area contributed by atoms with E-state index in [9.17, 15) is 13.2 Å². The van der Waals surface area contributed by atoms with Crippen molar-refractivity contribution in [2.45, 2.75) is 25.3 Å². The lowest BCUT2D eigenvalue weighted by molar-refractivity contribution is -0.121. The van der Waals surface area contributed by atoms with Crippen molar-refractivity contribution in [3.05, 3.63) is 54.5 Å². The molecule has 0 fully saturated rings. The number of carbonyl (C=O) groups excluding carboxylic acids is 1. The smallest absolute Gasteiger partial charge is 0.255 e. The number of amides is 1. The maximum absolute atomic E-state index is 12.8. The summed E-state index contributed by atoms with van der Waals surface area (Å²) in [6.45, 7) is 3.03. The molecule has 7 nitrogen and oxygen atoms in total. The molecule has 0 unspecified atom stereocenters. The predicted octanol–water partition coefficient (Wildman–Crippen LogP) is 1.98. The molecular formula is C16H19N3O4S. The normalized spacial score (nSPS) is 11.3. The van der Waals surface area contributed by atoms with E-state index < -0.39 is 15.9 Å². The summed E-state index contributed by atoms with van der Waals surface area (Å²) in [5.41, 5.74) is 2.99. The van der Waals surface area contributed by atoms with Crippen molar-refractivity contribution in [1.29, 1.82) is 0 Å². The summed E-state index contributed by atoms with van der Waals surface area (Å²) in [4.78, 5) is 12.1. The van der Waals surface area contributed by atoms with Crippen molar-refractivity contribution in [3.8, 4) is 0 Å². The van der Waals surface area contributed by atoms with Gasteiger partial charge in [0.25, 0.3) is 5.91 Å². The fraction of sp³-hybridized carbons (Fsp3) is 0.250. The van der Waals surface area contributed by atoms with Gasteiger partial charge in [0.1, 0.15) is 5.76 Å². The van der Waals surface area contributed by atoms with E-state index in [1.807, 2.05) is 0 Å². The average Bonchev–Trinajstić information content (AvgIpc) is 3.06. The SMILES string of the molecule is CC(C)=NNC(=O)CN(Cc1ccco1)S(=O)(=O)c1ccccc1. The number of nitrogens with zero attached hydrogens (tertiary/aromatic N) is 2. The third kappa shape index (κ3) is 4.77. The van der Waals surface area contributed by atoms with Crippen LogP contribution in [0.15, 0.2) is 63.1 Å². The van der Waals surface area contributed by atoms with Gasteiger partial charge in [-0.1, -0.05) is 18.2 Å². The Bertz CT molecular complexity index is 795. The van der Waals surface area contributed by atoms with E-state index in [1.165, 1.54) is 18.4 Å². The van der Waals surface area contributed by atoms with E-state index >= 15 is 0 Å². The molecule has 0 atom stereocenters. The first-order valence-electron chi connectivity index (χ1n) is 7.27. The molecular weight excluding hydrogens is 330 g/mol. The molecule has 24 heavy (non-hydrogen) atoms. The Morgan fingerprint density at radius 1 is 1.17 bits per heavy atom. The first kappa shape index (κ1) is 17.9. The second-order valence-electron chi connectivity index (χ2n) is 5.26. The molecule has 1 amide bonds. The molecule has 128 valence electrons. The highest BCUT2D eigenvalue weighted by atomic mass is 32.2. The Hall–Kier alpha value is -2.45. The first-order chi connectivity index (χ1) is 11.4. The third-order valence-electron chi connectivity index (χ3n) is 3.02. The molecule has 0 spiro atoms. The van der Waals surface area contributed by atoms with Crippen molar-refractivity contribution in [2.75, 3.05) is 6.54 Å². The Balaban J connectivity index is 2.25. The van der Waals surface area contributed by atoms with Crippen LogP contribution in [-0.4, -0.2) is 30.9 Å². The minimum Gasteiger partial charge on any atom is -0.468 e. The minimum atomic E-state index is -3.85. The van der Waals surface area contributed by atoms with Crippen LogP contribution in [0.25, 0.3) is 0 Å². The van der Waals surface area contributed by atoms with Crippen molar-refractivity contribution in [2.24, 2.45) is 5.10 Å². The number of furan rings is 1. The minimum absolute atomic E-state index is 0.0491. The first-order valence-corrected chi connectivity index (χ1v) is 8.71. The third-order valence-corrected chi connectivity index (χ3v) is 4.82. The Morgan fingerprint density at radius 2 is 1.88 bits per heavy atom. The number of sulfonamides is 1. The summed E-state index contributed by atoms with van der Waals surface area (Å²) < 4.78 is 31.9. The fourth-order valence-corrected chi connectivity index (χ4v) is 3.30. The van der Waals surface area contributed by atoms with E-state index in [2.05, 4.69) is 10.5 Å². The highest BCUT2D eigenvalue weighted by molar-refractivity contribution is 7.89. The molecule has 1 aromatic carbocycles. The number of benzene rings is 1. The van der Waals surface area contributed by atoms with Crippen LogP contribution < -0.4 is 5.43 Å². The summed E-state index contributed by atoms with van der Waals surface area (Å²) in [7, 11) is -3.85. The van der Waals surface area contributed by atoms with Crippen LogP contribution in [0.3, 0.4) is 0 Å². The Kier molecular flexibility index (Phi) is 5.88. The Morgan fingerprint density at radius 3 is 2.46 bits per heavy atom. The standard InChI is InChI=1S/C16H19N3O4S/c1-13(2)17-18-16(20)12-19(11-14-7-6-10-23-14)24(21,22)15-8-4-3-5-9-15/h3-10H,11-12H2,1-2H3,(H,18,20). The summed E-state index contributed by atoms with van der Waals surface area (Å²) in [5, 5.41) is 3.80. The molecule has 0 aliphatic carbocycles. The summed E-state index contributed by atoms with van der Waals surface area (Å²) in [6, 6.07) is 11.3. The molecule has 2 aromatic rings. The highest BCUT2D eigenvalue weighted by Gasteiger charge is 2.27. The number of rotatable bonds is 7. The molecule has 2 rings (SSSR count). The van der Waals surface area contributed by atoms with Gasteiger partial charge in [0.2, 0.25) is 10.0 Å². The van der Waals surface area contributed by atoms with Gasteiger partial charge in [-0.25, -0.2) is 13.8 Å². The van der Waals surface area contributed by atoms with E-state index in [-0.39, 0.29) is 18.0 Å². The lowest BCUT2D eigenvalue weighted by Crippen LogP contribution is -2.39. The van der Waals surface area contributed by atoms with Crippen LogP contribution in [0, 0.1) is 0 Å². The van der Waals surface area contributed by atoms with Gasteiger partial charge in [-0.05, 0) is 38.1 Å². The largest absolute Gasteiger partial charge is 0.468 e. The second-order valence-corrected chi connectivity index (χ2v) is 7.20. The van der Waals surface area contributed by atoms with E-state index in [0.29, 0.717) is 11.5 Å². The van der Waals surface area contributed by atoms with Gasteiger partial charge in [0.05, 0.1) is 24.2 Å². The topological polar surface area (TPSA) is 92.0 Å². The molecule has 0 saturated carbocycles. The quantitative estimate of drug-likeness (QED) is 0.611. The van der Waals surface area contributed by atoms with E-state index in [1.54, 1.807) is 44.2 Å². The molecule has 0 bridgehead atoms. The second kappa shape index (κ2) is 7.89. The van der Waals surface area contributed by atoms with Crippen molar-refractivity contribution in [3.63, 3.8) is 0 Å². The van der Waals surface area contributed by atoms with Crippen LogP contribution >= 0.6 is 0 Å². The van der Waals surface area contributed by atoms with Crippen LogP contribution in [0.4, 0.5) is 0 Å². The summed E-state index contributed by atoms with van der Waals surface area (Å²) in [6.07, 6.45) is 1.45. The van der Waals surface area contributed by atoms with Gasteiger partial charge < -0.3 is 4.42 Å². The van der Waals surface area contributed by atoms with E-state index in [0.717, 1.165) is 4.31 Å². The maximum atomic E-state index is 12.8. The number of carbonyl (C=O) groups is 1. The average molecular weight is 349 g/mol. The highest BCUT2D eigenvalue weighted by Crippen LogP contribution is 2.18. The van der Waals surface area contributed by atoms with Gasteiger partial charge in [-0.2, -0.15) is 9.41 Å². The van der Waals surface area contributed by atoms with Gasteiger partial charge in [0, 0.05) is 5.71 Å². The van der Waals surface area contributed by atoms with Crippen LogP contribution in [-0.2, 0) is 21.4 Å². The summed E-state index contributed by atoms with van der Waals surface area (Å²) in [5.74, 6) is -0.0836. The Labute approximate surface area is 141 Å². The summed E-state index contributed by atoms with van der Waals surface area (Å²) >= 11 is 0. The predicted molar refractivity (Wildman–Crippen MR) is 89.7 cm³/mol. The zero-order valence-electron chi connectivity index (χ0n) is 13.5. The fourth-order valence-electron chi connectivity index (χ4n) is 1.91. The van der Waals surface area contributed by atoms with Gasteiger partial charge in [-0.3, -0.25) is 4.79 Å². The molecule has 1 N–H and O–H groups in total.